The summed E-state index contributed by atoms with van der Waals surface area (Å²) >= 11 is 3.55. The van der Waals surface area contributed by atoms with Crippen LogP contribution in [0.25, 0.3) is 42.3 Å². The van der Waals surface area contributed by atoms with E-state index in [9.17, 15) is 9.90 Å². The van der Waals surface area contributed by atoms with E-state index in [1.165, 1.54) is 25.0 Å². The van der Waals surface area contributed by atoms with Crippen molar-refractivity contribution in [3.05, 3.63) is 76.1 Å². The molecule has 0 spiro atoms. The highest BCUT2D eigenvalue weighted by atomic mass is 32.1. The van der Waals surface area contributed by atoms with Crippen molar-refractivity contribution in [2.75, 3.05) is 0 Å². The third kappa shape index (κ3) is 4.85. The van der Waals surface area contributed by atoms with Gasteiger partial charge in [0, 0.05) is 19.7 Å². The van der Waals surface area contributed by atoms with Crippen LogP contribution in [0.5, 0.6) is 5.88 Å². The summed E-state index contributed by atoms with van der Waals surface area (Å²) in [5.41, 5.74) is 1.89. The number of amides is 1. The number of nitrogens with zero attached hydrogens (tertiary/aromatic N) is 1. The minimum atomic E-state index is -0.215. The zero-order chi connectivity index (χ0) is 29.3. The molecule has 6 aromatic rings. The number of nitrogens with one attached hydrogen (secondary N) is 1. The predicted octanol–water partition coefficient (Wildman–Crippen LogP) is 9.57. The van der Waals surface area contributed by atoms with Gasteiger partial charge < -0.3 is 18.9 Å². The Hall–Kier alpha value is -3.88. The maximum atomic E-state index is 11.5. The van der Waals surface area contributed by atoms with Crippen LogP contribution in [0.15, 0.2) is 62.4 Å². The minimum Gasteiger partial charge on any atom is -0.494 e. The number of furan rings is 2. The molecule has 6 nitrogen and oxygen atoms in total. The average molecular weight is 585 g/mol. The molecule has 0 aliphatic rings. The van der Waals surface area contributed by atoms with Gasteiger partial charge in [0.1, 0.15) is 17.2 Å². The lowest BCUT2D eigenvalue weighted by atomic mass is 9.94. The first-order valence-corrected chi connectivity index (χ1v) is 15.1. The van der Waals surface area contributed by atoms with Crippen molar-refractivity contribution in [3.8, 4) is 28.0 Å². The molecule has 5 heterocycles. The Balaban J connectivity index is 1.35. The second-order valence-electron chi connectivity index (χ2n) is 12.4. The number of benzene rings is 1. The van der Waals surface area contributed by atoms with Gasteiger partial charge in [0.25, 0.3) is 0 Å². The quantitative estimate of drug-likeness (QED) is 0.156. The standard InChI is InChI=1S/C33H32N2O4S2/c1-17-28(30(34-16-36)22-10-11-26(39-22)32(2,3)4)31(37)35-29(17)21-9-8-20(38-21)25-14-18-12-24-19(13-23(18)40-25)15-27(41-24)33(5,6)7/h8-16,35,37H,1-7H3. The lowest BCUT2D eigenvalue weighted by Crippen LogP contribution is -2.09. The Morgan fingerprint density at radius 3 is 2.22 bits per heavy atom. The average Bonchev–Trinajstić information content (AvgIpc) is 3.70. The lowest BCUT2D eigenvalue weighted by Gasteiger charge is -2.14. The molecule has 0 atom stereocenters. The summed E-state index contributed by atoms with van der Waals surface area (Å²) in [5.74, 6) is 2.38. The molecule has 0 saturated carbocycles. The van der Waals surface area contributed by atoms with Gasteiger partial charge in [-0.05, 0) is 77.2 Å². The number of thiophene rings is 2. The van der Waals surface area contributed by atoms with Gasteiger partial charge in [0.2, 0.25) is 6.41 Å². The van der Waals surface area contributed by atoms with Crippen LogP contribution >= 0.6 is 22.7 Å². The molecular formula is C33H32N2O4S2. The van der Waals surface area contributed by atoms with E-state index < -0.39 is 0 Å². The van der Waals surface area contributed by atoms with Gasteiger partial charge in [0.05, 0.1) is 16.1 Å². The molecule has 41 heavy (non-hydrogen) atoms. The number of aromatic amines is 1. The smallest absolute Gasteiger partial charge is 0.233 e. The van der Waals surface area contributed by atoms with E-state index in [-0.39, 0.29) is 22.4 Å². The van der Waals surface area contributed by atoms with Crippen molar-refractivity contribution in [2.24, 2.45) is 4.99 Å². The molecule has 0 aliphatic heterocycles. The number of rotatable bonds is 5. The van der Waals surface area contributed by atoms with Gasteiger partial charge in [-0.1, -0.05) is 41.5 Å². The van der Waals surface area contributed by atoms with Gasteiger partial charge in [-0.25, -0.2) is 4.99 Å². The van der Waals surface area contributed by atoms with E-state index >= 15 is 0 Å². The van der Waals surface area contributed by atoms with E-state index in [4.69, 9.17) is 8.83 Å². The summed E-state index contributed by atoms with van der Waals surface area (Å²) in [4.78, 5) is 21.0. The molecule has 0 aliphatic carbocycles. The summed E-state index contributed by atoms with van der Waals surface area (Å²) in [6.07, 6.45) is 0.459. The fourth-order valence-electron chi connectivity index (χ4n) is 4.95. The molecule has 0 bridgehead atoms. The molecule has 1 amide bonds. The van der Waals surface area contributed by atoms with E-state index in [1.807, 2.05) is 57.2 Å². The number of hydrogen-bond acceptors (Lipinski definition) is 6. The molecule has 0 radical (unpaired) electrons. The summed E-state index contributed by atoms with van der Waals surface area (Å²) in [6.45, 7) is 14.7. The molecule has 0 unspecified atom stereocenters. The van der Waals surface area contributed by atoms with Crippen molar-refractivity contribution in [2.45, 2.75) is 59.3 Å². The first-order valence-electron chi connectivity index (χ1n) is 13.5. The van der Waals surface area contributed by atoms with E-state index in [1.54, 1.807) is 17.4 Å². The largest absolute Gasteiger partial charge is 0.494 e. The van der Waals surface area contributed by atoms with E-state index in [2.05, 4.69) is 55.0 Å². The Morgan fingerprint density at radius 2 is 1.56 bits per heavy atom. The molecule has 6 rings (SSSR count). The second-order valence-corrected chi connectivity index (χ2v) is 14.6. The topological polar surface area (TPSA) is 91.7 Å². The molecule has 2 N–H and O–H groups in total. The van der Waals surface area contributed by atoms with Gasteiger partial charge in [-0.15, -0.1) is 22.7 Å². The van der Waals surface area contributed by atoms with E-state index in [0.717, 1.165) is 16.4 Å². The number of aliphatic imine (C=N–C) groups is 1. The second kappa shape index (κ2) is 9.60. The third-order valence-corrected chi connectivity index (χ3v) is 9.85. The highest BCUT2D eigenvalue weighted by Crippen LogP contribution is 2.42. The van der Waals surface area contributed by atoms with Crippen LogP contribution in [0.3, 0.4) is 0 Å². The first-order chi connectivity index (χ1) is 19.3. The van der Waals surface area contributed by atoms with Crippen LogP contribution in [0.1, 0.15) is 69.1 Å². The lowest BCUT2D eigenvalue weighted by molar-refractivity contribution is -0.106. The Labute approximate surface area is 246 Å². The number of carbonyl (C=O) groups is 1. The minimum absolute atomic E-state index is 0.110. The highest BCUT2D eigenvalue weighted by molar-refractivity contribution is 7.22. The third-order valence-electron chi connectivity index (χ3n) is 7.22. The van der Waals surface area contributed by atoms with Crippen molar-refractivity contribution in [1.29, 1.82) is 0 Å². The van der Waals surface area contributed by atoms with Crippen molar-refractivity contribution < 1.29 is 18.7 Å². The zero-order valence-electron chi connectivity index (χ0n) is 24.1. The summed E-state index contributed by atoms with van der Waals surface area (Å²) < 4.78 is 14.9. The molecule has 0 fully saturated rings. The number of H-pyrrole nitrogens is 1. The Bertz CT molecular complexity index is 1910. The SMILES string of the molecule is Cc1c(-c2ccc(-c3cc4cc5sc(C(C)(C)C)cc5cc4s3)o2)[nH]c(O)c1C(=NC=O)c1ccc(C(C)(C)C)o1. The molecule has 210 valence electrons. The number of carbonyl (C=O) groups excluding carboxylic acids is 1. The number of fused-ring (bicyclic) bond motifs is 2. The molecule has 8 heteroatoms. The van der Waals surface area contributed by atoms with Crippen molar-refractivity contribution >= 4 is 55.0 Å². The summed E-state index contributed by atoms with van der Waals surface area (Å²) in [5, 5.41) is 13.4. The van der Waals surface area contributed by atoms with Crippen LogP contribution in [0.4, 0.5) is 0 Å². The first kappa shape index (κ1) is 27.3. The molecule has 0 saturated heterocycles. The van der Waals surface area contributed by atoms with E-state index in [0.29, 0.717) is 34.8 Å². The van der Waals surface area contributed by atoms with Crippen LogP contribution < -0.4 is 0 Å². The number of aromatic nitrogens is 1. The Morgan fingerprint density at radius 1 is 0.878 bits per heavy atom. The fourth-order valence-corrected chi connectivity index (χ4v) is 7.16. The Kier molecular flexibility index (Phi) is 6.39. The highest BCUT2D eigenvalue weighted by Gasteiger charge is 2.27. The van der Waals surface area contributed by atoms with Gasteiger partial charge >= 0.3 is 0 Å². The normalized spacial score (nSPS) is 13.1. The maximum absolute atomic E-state index is 11.5. The van der Waals surface area contributed by atoms with Crippen LogP contribution in [0.2, 0.25) is 0 Å². The summed E-state index contributed by atoms with van der Waals surface area (Å²) in [7, 11) is 0. The van der Waals surface area contributed by atoms with Crippen LogP contribution in [-0.4, -0.2) is 22.2 Å². The van der Waals surface area contributed by atoms with Crippen LogP contribution in [0, 0.1) is 6.92 Å². The summed E-state index contributed by atoms with van der Waals surface area (Å²) in [6, 6.07) is 16.5. The van der Waals surface area contributed by atoms with Gasteiger partial charge in [-0.3, -0.25) is 4.79 Å². The molecule has 1 aromatic carbocycles. The predicted molar refractivity (Wildman–Crippen MR) is 169 cm³/mol. The number of hydrogen-bond donors (Lipinski definition) is 2. The fraction of sp³-hybridized carbons (Fsp3) is 0.273. The number of aromatic hydroxyl groups is 1. The monoisotopic (exact) mass is 584 g/mol. The zero-order valence-corrected chi connectivity index (χ0v) is 25.8. The van der Waals surface area contributed by atoms with Crippen LogP contribution in [-0.2, 0) is 15.6 Å². The molecular weight excluding hydrogens is 553 g/mol. The maximum Gasteiger partial charge on any atom is 0.233 e. The van der Waals surface area contributed by atoms with Crippen molar-refractivity contribution in [1.82, 2.24) is 4.98 Å². The van der Waals surface area contributed by atoms with Crippen molar-refractivity contribution in [3.63, 3.8) is 0 Å². The van der Waals surface area contributed by atoms with Gasteiger partial charge in [0.15, 0.2) is 17.4 Å². The van der Waals surface area contributed by atoms with Gasteiger partial charge in [-0.2, -0.15) is 0 Å². The molecule has 5 aromatic heterocycles.